The lowest BCUT2D eigenvalue weighted by Gasteiger charge is -2.10. The van der Waals surface area contributed by atoms with E-state index in [0.717, 1.165) is 10.6 Å². The molecule has 0 fully saturated rings. The van der Waals surface area contributed by atoms with E-state index in [9.17, 15) is 9.18 Å². The molecular formula is C19H13FN2O2S2. The third kappa shape index (κ3) is 4.48. The van der Waals surface area contributed by atoms with Gasteiger partial charge in [0.15, 0.2) is 0 Å². The fourth-order valence-electron chi connectivity index (χ4n) is 2.20. The number of esters is 1. The number of hydrogen-bond acceptors (Lipinski definition) is 6. The molecule has 0 radical (unpaired) electrons. The Morgan fingerprint density at radius 2 is 2.15 bits per heavy atom. The lowest BCUT2D eigenvalue weighted by Crippen LogP contribution is -2.07. The van der Waals surface area contributed by atoms with E-state index in [1.54, 1.807) is 17.6 Å². The average Bonchev–Trinajstić information content (AvgIpc) is 3.19. The normalized spacial score (nSPS) is 10.3. The van der Waals surface area contributed by atoms with Gasteiger partial charge in [-0.25, -0.2) is 14.2 Å². The standard InChI is InChI=1S/C19H13FN2O2S2/c20-17-6-5-13(8-21)7-14(17)9-24-19(23)16-3-1-2-4-18(16)26-11-15-10-25-12-22-15/h1-7,10,12H,9,11H2. The van der Waals surface area contributed by atoms with Gasteiger partial charge in [0.25, 0.3) is 0 Å². The molecule has 0 saturated carbocycles. The van der Waals surface area contributed by atoms with Crippen molar-refractivity contribution < 1.29 is 13.9 Å². The van der Waals surface area contributed by atoms with Crippen molar-refractivity contribution in [1.29, 1.82) is 5.26 Å². The highest BCUT2D eigenvalue weighted by molar-refractivity contribution is 7.98. The number of ether oxygens (including phenoxy) is 1. The van der Waals surface area contributed by atoms with Crippen LogP contribution in [-0.2, 0) is 17.1 Å². The third-order valence-corrected chi connectivity index (χ3v) is 5.24. The molecule has 7 heteroatoms. The summed E-state index contributed by atoms with van der Waals surface area (Å²) in [5.41, 5.74) is 3.62. The summed E-state index contributed by atoms with van der Waals surface area (Å²) in [4.78, 5) is 17.4. The van der Waals surface area contributed by atoms with Crippen LogP contribution in [-0.4, -0.2) is 11.0 Å². The van der Waals surface area contributed by atoms with E-state index in [1.165, 1.54) is 41.3 Å². The molecule has 26 heavy (non-hydrogen) atoms. The summed E-state index contributed by atoms with van der Waals surface area (Å²) in [7, 11) is 0. The van der Waals surface area contributed by atoms with Gasteiger partial charge in [-0.1, -0.05) is 12.1 Å². The van der Waals surface area contributed by atoms with Gasteiger partial charge in [-0.2, -0.15) is 5.26 Å². The Bertz CT molecular complexity index is 952. The predicted molar refractivity (Wildman–Crippen MR) is 98.4 cm³/mol. The van der Waals surface area contributed by atoms with Crippen molar-refractivity contribution in [3.63, 3.8) is 0 Å². The van der Waals surface area contributed by atoms with Crippen LogP contribution in [0.25, 0.3) is 0 Å². The Labute approximate surface area is 158 Å². The number of thioether (sulfide) groups is 1. The Hall–Kier alpha value is -2.69. The van der Waals surface area contributed by atoms with E-state index in [1.807, 2.05) is 23.6 Å². The van der Waals surface area contributed by atoms with Crippen molar-refractivity contribution in [3.05, 3.63) is 81.6 Å². The maximum Gasteiger partial charge on any atom is 0.339 e. The number of aromatic nitrogens is 1. The predicted octanol–water partition coefficient (Wildman–Crippen LogP) is 4.80. The number of carbonyl (C=O) groups is 1. The van der Waals surface area contributed by atoms with Crippen molar-refractivity contribution in [2.75, 3.05) is 0 Å². The minimum Gasteiger partial charge on any atom is -0.457 e. The molecule has 130 valence electrons. The number of carbonyl (C=O) groups excluding carboxylic acids is 1. The Kier molecular flexibility index (Phi) is 6.00. The zero-order valence-corrected chi connectivity index (χ0v) is 15.1. The number of rotatable bonds is 6. The molecule has 0 bridgehead atoms. The lowest BCUT2D eigenvalue weighted by molar-refractivity contribution is 0.0465. The quantitative estimate of drug-likeness (QED) is 0.451. The zero-order chi connectivity index (χ0) is 18.4. The first-order chi connectivity index (χ1) is 12.7. The highest BCUT2D eigenvalue weighted by Gasteiger charge is 2.14. The number of benzene rings is 2. The maximum absolute atomic E-state index is 13.8. The number of nitrogens with zero attached hydrogens (tertiary/aromatic N) is 2. The van der Waals surface area contributed by atoms with E-state index >= 15 is 0 Å². The van der Waals surface area contributed by atoms with Gasteiger partial charge in [-0.15, -0.1) is 23.1 Å². The van der Waals surface area contributed by atoms with Crippen molar-refractivity contribution >= 4 is 29.1 Å². The topological polar surface area (TPSA) is 63.0 Å². The van der Waals surface area contributed by atoms with E-state index in [-0.39, 0.29) is 12.2 Å². The van der Waals surface area contributed by atoms with E-state index in [0.29, 0.717) is 16.9 Å². The van der Waals surface area contributed by atoms with E-state index in [4.69, 9.17) is 10.00 Å². The van der Waals surface area contributed by atoms with Crippen LogP contribution in [0.4, 0.5) is 4.39 Å². The summed E-state index contributed by atoms with van der Waals surface area (Å²) >= 11 is 3.01. The SMILES string of the molecule is N#Cc1ccc(F)c(COC(=O)c2ccccc2SCc2cscn2)c1. The maximum atomic E-state index is 13.8. The Balaban J connectivity index is 1.69. The van der Waals surface area contributed by atoms with E-state index < -0.39 is 11.8 Å². The molecule has 0 aliphatic heterocycles. The van der Waals surface area contributed by atoms with Gasteiger partial charge in [-0.05, 0) is 30.3 Å². The Morgan fingerprint density at radius 3 is 2.92 bits per heavy atom. The summed E-state index contributed by atoms with van der Waals surface area (Å²) < 4.78 is 19.1. The number of hydrogen-bond donors (Lipinski definition) is 0. The van der Waals surface area contributed by atoms with Crippen LogP contribution in [0, 0.1) is 17.1 Å². The van der Waals surface area contributed by atoms with Crippen LogP contribution in [0.5, 0.6) is 0 Å². The molecule has 0 atom stereocenters. The summed E-state index contributed by atoms with van der Waals surface area (Å²) in [6.07, 6.45) is 0. The number of nitriles is 1. The highest BCUT2D eigenvalue weighted by atomic mass is 32.2. The molecule has 0 aliphatic rings. The fourth-order valence-corrected chi connectivity index (χ4v) is 3.80. The van der Waals surface area contributed by atoms with Crippen LogP contribution in [0.15, 0.2) is 58.3 Å². The molecule has 0 spiro atoms. The van der Waals surface area contributed by atoms with Crippen LogP contribution in [0.3, 0.4) is 0 Å². The molecule has 1 heterocycles. The first kappa shape index (κ1) is 18.1. The van der Waals surface area contributed by atoms with Gasteiger partial charge >= 0.3 is 5.97 Å². The smallest absolute Gasteiger partial charge is 0.339 e. The second-order valence-corrected chi connectivity index (χ2v) is 6.99. The van der Waals surface area contributed by atoms with E-state index in [2.05, 4.69) is 4.98 Å². The largest absolute Gasteiger partial charge is 0.457 e. The molecule has 1 aromatic heterocycles. The monoisotopic (exact) mass is 384 g/mol. The van der Waals surface area contributed by atoms with Crippen LogP contribution in [0.2, 0.25) is 0 Å². The van der Waals surface area contributed by atoms with Crippen molar-refractivity contribution in [2.45, 2.75) is 17.3 Å². The van der Waals surface area contributed by atoms with Gasteiger partial charge in [0.05, 0.1) is 28.4 Å². The summed E-state index contributed by atoms with van der Waals surface area (Å²) in [6, 6.07) is 13.0. The van der Waals surface area contributed by atoms with Gasteiger partial charge in [0.1, 0.15) is 12.4 Å². The second kappa shape index (κ2) is 8.61. The fraction of sp³-hybridized carbons (Fsp3) is 0.105. The van der Waals surface area contributed by atoms with Crippen LogP contribution in [0.1, 0.15) is 27.2 Å². The third-order valence-electron chi connectivity index (χ3n) is 3.50. The molecular weight excluding hydrogens is 371 g/mol. The summed E-state index contributed by atoms with van der Waals surface area (Å²) in [6.45, 7) is -0.231. The second-order valence-electron chi connectivity index (χ2n) is 5.26. The Morgan fingerprint density at radius 1 is 1.31 bits per heavy atom. The summed E-state index contributed by atoms with van der Waals surface area (Å²) in [5.74, 6) is -0.400. The summed E-state index contributed by atoms with van der Waals surface area (Å²) in [5, 5.41) is 10.9. The molecule has 0 aliphatic carbocycles. The average molecular weight is 384 g/mol. The minimum atomic E-state index is -0.534. The minimum absolute atomic E-state index is 0.171. The first-order valence-corrected chi connectivity index (χ1v) is 9.55. The highest BCUT2D eigenvalue weighted by Crippen LogP contribution is 2.27. The molecule has 0 unspecified atom stereocenters. The van der Waals surface area contributed by atoms with Crippen molar-refractivity contribution in [3.8, 4) is 6.07 Å². The van der Waals surface area contributed by atoms with Gasteiger partial charge in [0.2, 0.25) is 0 Å². The van der Waals surface area contributed by atoms with Gasteiger partial charge in [0, 0.05) is 21.6 Å². The van der Waals surface area contributed by atoms with Gasteiger partial charge in [-0.3, -0.25) is 0 Å². The van der Waals surface area contributed by atoms with Gasteiger partial charge < -0.3 is 4.74 Å². The lowest BCUT2D eigenvalue weighted by atomic mass is 10.1. The molecule has 2 aromatic carbocycles. The molecule has 0 saturated heterocycles. The number of thiazole rings is 1. The molecule has 3 aromatic rings. The molecule has 0 amide bonds. The molecule has 4 nitrogen and oxygen atoms in total. The number of halogens is 1. The van der Waals surface area contributed by atoms with Crippen molar-refractivity contribution in [2.24, 2.45) is 0 Å². The molecule has 0 N–H and O–H groups in total. The zero-order valence-electron chi connectivity index (χ0n) is 13.5. The first-order valence-electron chi connectivity index (χ1n) is 7.62. The van der Waals surface area contributed by atoms with Crippen LogP contribution >= 0.6 is 23.1 Å². The van der Waals surface area contributed by atoms with Crippen molar-refractivity contribution in [1.82, 2.24) is 4.98 Å². The molecule has 3 rings (SSSR count). The van der Waals surface area contributed by atoms with Crippen LogP contribution < -0.4 is 0 Å².